The number of ether oxygens (including phenoxy) is 1. The number of nitro benzene ring substituents is 1. The van der Waals surface area contributed by atoms with E-state index in [0.29, 0.717) is 12.4 Å². The zero-order valence-electron chi connectivity index (χ0n) is 9.88. The molecule has 2 rings (SSSR count). The molecule has 102 valence electrons. The largest absolute Gasteiger partial charge is 0.456 e. The van der Waals surface area contributed by atoms with E-state index in [-0.39, 0.29) is 22.7 Å². The molecule has 0 saturated heterocycles. The number of hydrogen-bond acceptors (Lipinski definition) is 4. The molecule has 2 aromatic rings. The van der Waals surface area contributed by atoms with Gasteiger partial charge >= 0.3 is 0 Å². The van der Waals surface area contributed by atoms with Crippen molar-refractivity contribution in [2.45, 2.75) is 0 Å². The Morgan fingerprint density at radius 1 is 1.10 bits per heavy atom. The number of nitro groups is 1. The van der Waals surface area contributed by atoms with Crippen molar-refractivity contribution in [2.24, 2.45) is 0 Å². The zero-order chi connectivity index (χ0) is 14.7. The van der Waals surface area contributed by atoms with Crippen LogP contribution in [0.1, 0.15) is 10.4 Å². The van der Waals surface area contributed by atoms with Gasteiger partial charge in [0.05, 0.1) is 10.5 Å². The lowest BCUT2D eigenvalue weighted by Gasteiger charge is -2.08. The van der Waals surface area contributed by atoms with Crippen LogP contribution in [0.5, 0.6) is 11.5 Å². The summed E-state index contributed by atoms with van der Waals surface area (Å²) >= 11 is 0. The first kappa shape index (κ1) is 13.6. The van der Waals surface area contributed by atoms with Crippen molar-refractivity contribution in [3.05, 3.63) is 63.7 Å². The third-order valence-electron chi connectivity index (χ3n) is 2.40. The summed E-state index contributed by atoms with van der Waals surface area (Å²) in [5.74, 6) is -1.86. The summed E-state index contributed by atoms with van der Waals surface area (Å²) in [6, 6.07) is 5.85. The molecule has 0 N–H and O–H groups in total. The van der Waals surface area contributed by atoms with Gasteiger partial charge in [-0.15, -0.1) is 0 Å². The van der Waals surface area contributed by atoms with Gasteiger partial charge in [-0.3, -0.25) is 14.9 Å². The van der Waals surface area contributed by atoms with Crippen LogP contribution in [-0.2, 0) is 0 Å². The molecule has 0 atom stereocenters. The average molecular weight is 279 g/mol. The first-order chi connectivity index (χ1) is 9.49. The van der Waals surface area contributed by atoms with Gasteiger partial charge in [-0.2, -0.15) is 0 Å². The van der Waals surface area contributed by atoms with Crippen LogP contribution in [0.4, 0.5) is 14.5 Å². The highest BCUT2D eigenvalue weighted by Crippen LogP contribution is 2.28. The Kier molecular flexibility index (Phi) is 3.69. The Balaban J connectivity index is 2.37. The lowest BCUT2D eigenvalue weighted by Crippen LogP contribution is -1.95. The minimum atomic E-state index is -0.838. The molecule has 20 heavy (non-hydrogen) atoms. The Labute approximate surface area is 111 Å². The van der Waals surface area contributed by atoms with Gasteiger partial charge in [-0.25, -0.2) is 8.78 Å². The van der Waals surface area contributed by atoms with Crippen LogP contribution in [0.25, 0.3) is 0 Å². The number of carbonyl (C=O) groups excluding carboxylic acids is 1. The van der Waals surface area contributed by atoms with Crippen molar-refractivity contribution in [3.63, 3.8) is 0 Å². The predicted molar refractivity (Wildman–Crippen MR) is 64.9 cm³/mol. The molecule has 5 nitrogen and oxygen atoms in total. The van der Waals surface area contributed by atoms with Crippen molar-refractivity contribution in [3.8, 4) is 11.5 Å². The normalized spacial score (nSPS) is 10.1. The molecule has 0 aliphatic rings. The average Bonchev–Trinajstić information content (AvgIpc) is 2.37. The van der Waals surface area contributed by atoms with Crippen molar-refractivity contribution >= 4 is 12.0 Å². The quantitative estimate of drug-likeness (QED) is 0.488. The number of hydrogen-bond donors (Lipinski definition) is 0. The van der Waals surface area contributed by atoms with Crippen LogP contribution in [0.3, 0.4) is 0 Å². The summed E-state index contributed by atoms with van der Waals surface area (Å²) in [6.45, 7) is 0. The molecule has 0 aliphatic carbocycles. The van der Waals surface area contributed by atoms with E-state index >= 15 is 0 Å². The topological polar surface area (TPSA) is 69.4 Å². The number of carbonyl (C=O) groups is 1. The van der Waals surface area contributed by atoms with Crippen molar-refractivity contribution < 1.29 is 23.2 Å². The van der Waals surface area contributed by atoms with E-state index in [1.54, 1.807) is 0 Å². The number of non-ortho nitro benzene ring substituents is 1. The number of halogens is 2. The highest BCUT2D eigenvalue weighted by Gasteiger charge is 2.12. The third-order valence-corrected chi connectivity index (χ3v) is 2.40. The summed E-state index contributed by atoms with van der Waals surface area (Å²) in [5.41, 5.74) is -0.381. The van der Waals surface area contributed by atoms with Crippen LogP contribution < -0.4 is 4.74 Å². The summed E-state index contributed by atoms with van der Waals surface area (Å²) in [6.07, 6.45) is 0.359. The predicted octanol–water partition coefficient (Wildman–Crippen LogP) is 3.48. The van der Waals surface area contributed by atoms with Crippen molar-refractivity contribution in [1.82, 2.24) is 0 Å². The molecule has 7 heteroatoms. The van der Waals surface area contributed by atoms with Crippen molar-refractivity contribution in [2.75, 3.05) is 0 Å². The van der Waals surface area contributed by atoms with E-state index in [1.165, 1.54) is 6.07 Å². The van der Waals surface area contributed by atoms with Gasteiger partial charge < -0.3 is 4.74 Å². The van der Waals surface area contributed by atoms with Gasteiger partial charge in [0.1, 0.15) is 23.1 Å². The van der Waals surface area contributed by atoms with E-state index in [1.807, 2.05) is 0 Å². The summed E-state index contributed by atoms with van der Waals surface area (Å²) < 4.78 is 31.2. The highest BCUT2D eigenvalue weighted by atomic mass is 19.1. The van der Waals surface area contributed by atoms with E-state index in [0.717, 1.165) is 24.3 Å². The second kappa shape index (κ2) is 5.43. The van der Waals surface area contributed by atoms with Gasteiger partial charge in [0.15, 0.2) is 6.29 Å². The molecular weight excluding hydrogens is 272 g/mol. The maximum atomic E-state index is 13.0. The number of nitrogens with zero attached hydrogens (tertiary/aromatic N) is 1. The third kappa shape index (κ3) is 2.94. The van der Waals surface area contributed by atoms with Crippen LogP contribution in [0, 0.1) is 21.7 Å². The number of rotatable bonds is 4. The van der Waals surface area contributed by atoms with E-state index in [4.69, 9.17) is 4.74 Å². The second-order valence-electron chi connectivity index (χ2n) is 3.80. The molecule has 0 radical (unpaired) electrons. The Hall–Kier alpha value is -2.83. The molecule has 0 amide bonds. The molecule has 2 aromatic carbocycles. The number of benzene rings is 2. The molecule has 0 bridgehead atoms. The Morgan fingerprint density at radius 3 is 2.30 bits per heavy atom. The SMILES string of the molecule is O=Cc1cc([N+](=O)[O-])ccc1Oc1cc(F)cc(F)c1. The Bertz CT molecular complexity index is 668. The smallest absolute Gasteiger partial charge is 0.270 e. The standard InChI is InChI=1S/C13H7F2NO4/c14-9-4-10(15)6-12(5-9)20-13-2-1-11(16(18)19)3-8(13)7-17/h1-7H. The van der Waals surface area contributed by atoms with Gasteiger partial charge in [-0.05, 0) is 6.07 Å². The fourth-order valence-electron chi connectivity index (χ4n) is 1.55. The minimum absolute atomic E-state index is 0.0319. The summed E-state index contributed by atoms with van der Waals surface area (Å²) in [5, 5.41) is 10.6. The monoisotopic (exact) mass is 279 g/mol. The molecule has 0 aliphatic heterocycles. The summed E-state index contributed by atoms with van der Waals surface area (Å²) in [7, 11) is 0. The van der Waals surface area contributed by atoms with Crippen LogP contribution in [0.15, 0.2) is 36.4 Å². The lowest BCUT2D eigenvalue weighted by atomic mass is 10.2. The molecule has 0 aromatic heterocycles. The van der Waals surface area contributed by atoms with Gasteiger partial charge in [0, 0.05) is 30.3 Å². The lowest BCUT2D eigenvalue weighted by molar-refractivity contribution is -0.384. The molecule has 0 unspecified atom stereocenters. The zero-order valence-corrected chi connectivity index (χ0v) is 9.88. The molecule has 0 heterocycles. The van der Waals surface area contributed by atoms with Gasteiger partial charge in [0.25, 0.3) is 5.69 Å². The molecule has 0 spiro atoms. The van der Waals surface area contributed by atoms with Gasteiger partial charge in [-0.1, -0.05) is 0 Å². The first-order valence-electron chi connectivity index (χ1n) is 5.37. The van der Waals surface area contributed by atoms with Crippen LogP contribution in [-0.4, -0.2) is 11.2 Å². The van der Waals surface area contributed by atoms with E-state index in [9.17, 15) is 23.7 Å². The van der Waals surface area contributed by atoms with Gasteiger partial charge in [0.2, 0.25) is 0 Å². The maximum Gasteiger partial charge on any atom is 0.270 e. The maximum absolute atomic E-state index is 13.0. The van der Waals surface area contributed by atoms with E-state index < -0.39 is 16.6 Å². The minimum Gasteiger partial charge on any atom is -0.456 e. The first-order valence-corrected chi connectivity index (χ1v) is 5.37. The fraction of sp³-hybridized carbons (Fsp3) is 0. The second-order valence-corrected chi connectivity index (χ2v) is 3.80. The van der Waals surface area contributed by atoms with E-state index in [2.05, 4.69) is 0 Å². The molecule has 0 saturated carbocycles. The highest BCUT2D eigenvalue weighted by molar-refractivity contribution is 5.80. The van der Waals surface area contributed by atoms with Crippen LogP contribution in [0.2, 0.25) is 0 Å². The van der Waals surface area contributed by atoms with Crippen molar-refractivity contribution in [1.29, 1.82) is 0 Å². The fourth-order valence-corrected chi connectivity index (χ4v) is 1.55. The summed E-state index contributed by atoms with van der Waals surface area (Å²) in [4.78, 5) is 20.8. The van der Waals surface area contributed by atoms with Crippen LogP contribution >= 0.6 is 0 Å². The molecular formula is C13H7F2NO4. The number of aldehydes is 1. The Morgan fingerprint density at radius 2 is 1.75 bits per heavy atom. The molecule has 0 fully saturated rings.